The van der Waals surface area contributed by atoms with Gasteiger partial charge in [0.05, 0.1) is 27.1 Å². The molecule has 0 atom stereocenters. The number of hydrogen-bond acceptors (Lipinski definition) is 5. The minimum absolute atomic E-state index is 0.219. The fourth-order valence-electron chi connectivity index (χ4n) is 1.87. The third-order valence-corrected chi connectivity index (χ3v) is 5.29. The second-order valence-electron chi connectivity index (χ2n) is 4.54. The molecule has 0 N–H and O–H groups in total. The first-order chi connectivity index (χ1) is 10.8. The predicted molar refractivity (Wildman–Crippen MR) is 87.5 cm³/mol. The number of nitro benzene ring substituents is 1. The van der Waals surface area contributed by atoms with Gasteiger partial charge in [0, 0.05) is 23.7 Å². The van der Waals surface area contributed by atoms with Crippen molar-refractivity contribution in [3.8, 4) is 6.07 Å². The summed E-state index contributed by atoms with van der Waals surface area (Å²) >= 11 is 3.07. The smallest absolute Gasteiger partial charge is 0.269 e. The van der Waals surface area contributed by atoms with Crippen LogP contribution < -0.4 is 4.31 Å². The second kappa shape index (κ2) is 6.36. The summed E-state index contributed by atoms with van der Waals surface area (Å²) in [6.07, 6.45) is 0. The van der Waals surface area contributed by atoms with Gasteiger partial charge in [-0.05, 0) is 24.3 Å². The van der Waals surface area contributed by atoms with Crippen LogP contribution in [-0.2, 0) is 10.0 Å². The molecule has 0 amide bonds. The summed E-state index contributed by atoms with van der Waals surface area (Å²) in [5, 5.41) is 19.8. The van der Waals surface area contributed by atoms with E-state index in [0.717, 1.165) is 10.4 Å². The monoisotopic (exact) mass is 395 g/mol. The fourth-order valence-corrected chi connectivity index (χ4v) is 3.76. The van der Waals surface area contributed by atoms with Crippen LogP contribution in [0.3, 0.4) is 0 Å². The molecule has 0 unspecified atom stereocenters. The maximum absolute atomic E-state index is 12.7. The summed E-state index contributed by atoms with van der Waals surface area (Å²) in [4.78, 5) is 10.0. The molecular formula is C14H10BrN3O4S. The largest absolute Gasteiger partial charge is 0.271 e. The standard InChI is InChI=1S/C14H10BrN3O4S/c1-17(12-4-2-3-10(5-12)9-16)23(21,22)14-7-11(15)6-13(8-14)18(19)20/h2-8H,1H3. The average molecular weight is 396 g/mol. The maximum Gasteiger partial charge on any atom is 0.271 e. The highest BCUT2D eigenvalue weighted by Crippen LogP contribution is 2.28. The number of nitrogens with zero attached hydrogens (tertiary/aromatic N) is 3. The van der Waals surface area contributed by atoms with Crippen molar-refractivity contribution in [3.05, 3.63) is 62.6 Å². The third kappa shape index (κ3) is 3.49. The molecule has 0 aromatic heterocycles. The minimum Gasteiger partial charge on any atom is -0.269 e. The zero-order valence-electron chi connectivity index (χ0n) is 11.8. The number of sulfonamides is 1. The second-order valence-corrected chi connectivity index (χ2v) is 7.42. The molecule has 0 saturated heterocycles. The molecule has 2 aromatic rings. The van der Waals surface area contributed by atoms with Crippen LogP contribution in [0.25, 0.3) is 0 Å². The van der Waals surface area contributed by atoms with Crippen molar-refractivity contribution in [1.82, 2.24) is 0 Å². The Morgan fingerprint density at radius 2 is 1.96 bits per heavy atom. The molecule has 9 heteroatoms. The molecule has 0 aliphatic heterocycles. The zero-order valence-corrected chi connectivity index (χ0v) is 14.2. The molecule has 2 rings (SSSR count). The summed E-state index contributed by atoms with van der Waals surface area (Å²) in [5.74, 6) is 0. The summed E-state index contributed by atoms with van der Waals surface area (Å²) in [6.45, 7) is 0. The highest BCUT2D eigenvalue weighted by molar-refractivity contribution is 9.10. The van der Waals surface area contributed by atoms with Gasteiger partial charge in [-0.15, -0.1) is 0 Å². The van der Waals surface area contributed by atoms with E-state index in [1.807, 2.05) is 6.07 Å². The fraction of sp³-hybridized carbons (Fsp3) is 0.0714. The van der Waals surface area contributed by atoms with Crippen LogP contribution >= 0.6 is 15.9 Å². The van der Waals surface area contributed by atoms with Gasteiger partial charge in [0.1, 0.15) is 0 Å². The lowest BCUT2D eigenvalue weighted by Crippen LogP contribution is -2.26. The van der Waals surface area contributed by atoms with E-state index < -0.39 is 14.9 Å². The zero-order chi connectivity index (χ0) is 17.2. The minimum atomic E-state index is -4.01. The molecule has 23 heavy (non-hydrogen) atoms. The molecule has 0 spiro atoms. The molecule has 118 valence electrons. The van der Waals surface area contributed by atoms with E-state index in [1.54, 1.807) is 12.1 Å². The van der Waals surface area contributed by atoms with Gasteiger partial charge in [0.2, 0.25) is 0 Å². The molecule has 0 saturated carbocycles. The van der Waals surface area contributed by atoms with Crippen LogP contribution in [0.15, 0.2) is 51.8 Å². The molecule has 0 fully saturated rings. The molecule has 7 nitrogen and oxygen atoms in total. The van der Waals surface area contributed by atoms with Crippen LogP contribution in [0.1, 0.15) is 5.56 Å². The van der Waals surface area contributed by atoms with E-state index in [0.29, 0.717) is 5.56 Å². The Morgan fingerprint density at radius 1 is 1.26 bits per heavy atom. The van der Waals surface area contributed by atoms with Gasteiger partial charge in [0.15, 0.2) is 0 Å². The van der Waals surface area contributed by atoms with Gasteiger partial charge in [-0.25, -0.2) is 8.42 Å². The van der Waals surface area contributed by atoms with Crippen molar-refractivity contribution < 1.29 is 13.3 Å². The van der Waals surface area contributed by atoms with Gasteiger partial charge in [0.25, 0.3) is 15.7 Å². The summed E-state index contributed by atoms with van der Waals surface area (Å²) < 4.78 is 26.6. The quantitative estimate of drug-likeness (QED) is 0.584. The number of non-ortho nitro benzene ring substituents is 1. The summed E-state index contributed by atoms with van der Waals surface area (Å²) in [6, 6.07) is 11.5. The number of benzene rings is 2. The Hall–Kier alpha value is -2.44. The molecular weight excluding hydrogens is 386 g/mol. The van der Waals surface area contributed by atoms with Crippen molar-refractivity contribution in [2.24, 2.45) is 0 Å². The lowest BCUT2D eigenvalue weighted by molar-refractivity contribution is -0.385. The van der Waals surface area contributed by atoms with E-state index in [-0.39, 0.29) is 20.7 Å². The summed E-state index contributed by atoms with van der Waals surface area (Å²) in [5.41, 5.74) is 0.258. The number of anilines is 1. The highest BCUT2D eigenvalue weighted by atomic mass is 79.9. The first kappa shape index (κ1) is 16.9. The van der Waals surface area contributed by atoms with E-state index in [9.17, 15) is 18.5 Å². The molecule has 0 bridgehead atoms. The van der Waals surface area contributed by atoms with Crippen molar-refractivity contribution in [3.63, 3.8) is 0 Å². The van der Waals surface area contributed by atoms with Crippen molar-refractivity contribution in [1.29, 1.82) is 5.26 Å². The Morgan fingerprint density at radius 3 is 2.57 bits per heavy atom. The van der Waals surface area contributed by atoms with Crippen molar-refractivity contribution in [2.45, 2.75) is 4.90 Å². The molecule has 2 aromatic carbocycles. The first-order valence-electron chi connectivity index (χ1n) is 6.20. The van der Waals surface area contributed by atoms with Crippen molar-refractivity contribution in [2.75, 3.05) is 11.4 Å². The van der Waals surface area contributed by atoms with Gasteiger partial charge < -0.3 is 0 Å². The number of nitriles is 1. The lowest BCUT2D eigenvalue weighted by Gasteiger charge is -2.19. The van der Waals surface area contributed by atoms with Gasteiger partial charge in [-0.1, -0.05) is 22.0 Å². The normalized spacial score (nSPS) is 10.8. The van der Waals surface area contributed by atoms with Crippen LogP contribution in [0.5, 0.6) is 0 Å². The molecule has 0 aliphatic rings. The SMILES string of the molecule is CN(c1cccc(C#N)c1)S(=O)(=O)c1cc(Br)cc([N+](=O)[O-])c1. The Labute approximate surface area is 141 Å². The molecule has 0 radical (unpaired) electrons. The number of nitro groups is 1. The van der Waals surface area contributed by atoms with E-state index >= 15 is 0 Å². The topological polar surface area (TPSA) is 104 Å². The van der Waals surface area contributed by atoms with E-state index in [2.05, 4.69) is 15.9 Å². The van der Waals surface area contributed by atoms with Crippen LogP contribution in [0.4, 0.5) is 11.4 Å². The molecule has 0 aliphatic carbocycles. The van der Waals surface area contributed by atoms with Crippen LogP contribution in [0.2, 0.25) is 0 Å². The highest BCUT2D eigenvalue weighted by Gasteiger charge is 2.24. The number of rotatable bonds is 4. The van der Waals surface area contributed by atoms with E-state index in [4.69, 9.17) is 5.26 Å². The summed E-state index contributed by atoms with van der Waals surface area (Å²) in [7, 11) is -2.69. The van der Waals surface area contributed by atoms with E-state index in [1.165, 1.54) is 31.3 Å². The number of halogens is 1. The molecule has 0 heterocycles. The van der Waals surface area contributed by atoms with Gasteiger partial charge in [-0.2, -0.15) is 5.26 Å². The van der Waals surface area contributed by atoms with Gasteiger partial charge in [-0.3, -0.25) is 14.4 Å². The predicted octanol–water partition coefficient (Wildman–Crippen LogP) is 3.05. The maximum atomic E-state index is 12.7. The first-order valence-corrected chi connectivity index (χ1v) is 8.43. The lowest BCUT2D eigenvalue weighted by atomic mass is 10.2. The average Bonchev–Trinajstić information content (AvgIpc) is 2.53. The Balaban J connectivity index is 2.53. The third-order valence-electron chi connectivity index (χ3n) is 3.06. The van der Waals surface area contributed by atoms with Gasteiger partial charge >= 0.3 is 0 Å². The number of hydrogen-bond donors (Lipinski definition) is 0. The van der Waals surface area contributed by atoms with Crippen LogP contribution in [0, 0.1) is 21.4 Å². The Bertz CT molecular complexity index is 922. The Kier molecular flexibility index (Phi) is 4.68. The van der Waals surface area contributed by atoms with Crippen LogP contribution in [-0.4, -0.2) is 20.4 Å². The van der Waals surface area contributed by atoms with Crippen molar-refractivity contribution >= 4 is 37.3 Å².